The summed E-state index contributed by atoms with van der Waals surface area (Å²) >= 11 is 1.75. The van der Waals surface area contributed by atoms with Crippen LogP contribution in [0.3, 0.4) is 0 Å². The Morgan fingerprint density at radius 3 is 3.05 bits per heavy atom. The molecule has 0 unspecified atom stereocenters. The fourth-order valence-electron chi connectivity index (χ4n) is 3.24. The molecule has 1 aromatic rings. The van der Waals surface area contributed by atoms with E-state index in [1.807, 2.05) is 6.20 Å². The molecule has 1 atom stereocenters. The molecule has 2 aliphatic heterocycles. The summed E-state index contributed by atoms with van der Waals surface area (Å²) in [6, 6.07) is 0. The van der Waals surface area contributed by atoms with Crippen molar-refractivity contribution in [2.24, 2.45) is 5.41 Å². The first-order valence-electron chi connectivity index (χ1n) is 7.01. The highest BCUT2D eigenvalue weighted by molar-refractivity contribution is 7.09. The molecule has 19 heavy (non-hydrogen) atoms. The van der Waals surface area contributed by atoms with E-state index in [9.17, 15) is 0 Å². The van der Waals surface area contributed by atoms with Crippen molar-refractivity contribution in [2.45, 2.75) is 31.9 Å². The molecule has 3 rings (SSSR count). The van der Waals surface area contributed by atoms with Gasteiger partial charge in [0.15, 0.2) is 0 Å². The van der Waals surface area contributed by atoms with Crippen LogP contribution in [0.4, 0.5) is 0 Å². The second-order valence-corrected chi connectivity index (χ2v) is 6.77. The van der Waals surface area contributed by atoms with Crippen LogP contribution in [0, 0.1) is 5.41 Å². The standard InChI is InChI=1S/C14H22N2O2S/c1-17-10-12-8-14(11-18-12)2-5-16(6-3-14)9-13-15-4-7-19-13/h4,7,12H,2-3,5-6,8-11H2,1H3/t12-/m0/s1. The molecule has 106 valence electrons. The van der Waals surface area contributed by atoms with Crippen molar-refractivity contribution < 1.29 is 9.47 Å². The number of ether oxygens (including phenoxy) is 2. The molecule has 1 aromatic heterocycles. The molecule has 0 N–H and O–H groups in total. The van der Waals surface area contributed by atoms with Crippen molar-refractivity contribution in [2.75, 3.05) is 33.4 Å². The summed E-state index contributed by atoms with van der Waals surface area (Å²) < 4.78 is 11.1. The minimum absolute atomic E-state index is 0.315. The van der Waals surface area contributed by atoms with Crippen LogP contribution in [0.5, 0.6) is 0 Å². The number of thiazole rings is 1. The molecular formula is C14H22N2O2S. The average molecular weight is 282 g/mol. The quantitative estimate of drug-likeness (QED) is 0.847. The van der Waals surface area contributed by atoms with Crippen LogP contribution in [0.25, 0.3) is 0 Å². The predicted octanol–water partition coefficient (Wildman–Crippen LogP) is 2.16. The van der Waals surface area contributed by atoms with E-state index in [2.05, 4.69) is 15.3 Å². The molecule has 5 heteroatoms. The first-order chi connectivity index (χ1) is 9.30. The van der Waals surface area contributed by atoms with E-state index < -0.39 is 0 Å². The van der Waals surface area contributed by atoms with Crippen LogP contribution in [0.1, 0.15) is 24.3 Å². The number of hydrogen-bond acceptors (Lipinski definition) is 5. The summed E-state index contributed by atoms with van der Waals surface area (Å²) in [6.07, 6.45) is 5.88. The highest BCUT2D eigenvalue weighted by Gasteiger charge is 2.42. The minimum atomic E-state index is 0.315. The third-order valence-electron chi connectivity index (χ3n) is 4.40. The van der Waals surface area contributed by atoms with Gasteiger partial charge in [0.05, 0.1) is 25.9 Å². The summed E-state index contributed by atoms with van der Waals surface area (Å²) in [5.74, 6) is 0. The van der Waals surface area contributed by atoms with Gasteiger partial charge in [-0.15, -0.1) is 11.3 Å². The zero-order valence-electron chi connectivity index (χ0n) is 11.5. The predicted molar refractivity (Wildman–Crippen MR) is 75.3 cm³/mol. The van der Waals surface area contributed by atoms with Gasteiger partial charge in [0.2, 0.25) is 0 Å². The monoisotopic (exact) mass is 282 g/mol. The first kappa shape index (κ1) is 13.5. The fraction of sp³-hybridized carbons (Fsp3) is 0.786. The molecular weight excluding hydrogens is 260 g/mol. The number of likely N-dealkylation sites (tertiary alicyclic amines) is 1. The molecule has 0 saturated carbocycles. The van der Waals surface area contributed by atoms with E-state index in [1.165, 1.54) is 37.4 Å². The van der Waals surface area contributed by atoms with Gasteiger partial charge in [0.25, 0.3) is 0 Å². The molecule has 0 aliphatic carbocycles. The summed E-state index contributed by atoms with van der Waals surface area (Å²) in [5.41, 5.74) is 0.419. The first-order valence-corrected chi connectivity index (χ1v) is 7.89. The van der Waals surface area contributed by atoms with Crippen molar-refractivity contribution >= 4 is 11.3 Å². The Labute approximate surface area is 118 Å². The summed E-state index contributed by atoms with van der Waals surface area (Å²) in [7, 11) is 1.75. The van der Waals surface area contributed by atoms with Crippen LogP contribution >= 0.6 is 11.3 Å². The van der Waals surface area contributed by atoms with E-state index in [0.29, 0.717) is 11.5 Å². The Kier molecular flexibility index (Phi) is 4.17. The smallest absolute Gasteiger partial charge is 0.107 e. The van der Waals surface area contributed by atoms with Gasteiger partial charge >= 0.3 is 0 Å². The molecule has 3 heterocycles. The Morgan fingerprint density at radius 2 is 2.37 bits per heavy atom. The van der Waals surface area contributed by atoms with Crippen molar-refractivity contribution in [1.29, 1.82) is 0 Å². The van der Waals surface area contributed by atoms with Gasteiger partial charge in [-0.2, -0.15) is 0 Å². The molecule has 0 amide bonds. The molecule has 0 bridgehead atoms. The summed E-state index contributed by atoms with van der Waals surface area (Å²) in [4.78, 5) is 6.89. The lowest BCUT2D eigenvalue weighted by Crippen LogP contribution is -2.40. The van der Waals surface area contributed by atoms with E-state index in [0.717, 1.165) is 19.8 Å². The zero-order chi connectivity index (χ0) is 13.1. The van der Waals surface area contributed by atoms with Crippen molar-refractivity contribution in [1.82, 2.24) is 9.88 Å². The lowest BCUT2D eigenvalue weighted by atomic mass is 9.77. The lowest BCUT2D eigenvalue weighted by Gasteiger charge is -2.38. The van der Waals surface area contributed by atoms with Gasteiger partial charge < -0.3 is 9.47 Å². The Hall–Kier alpha value is -0.490. The minimum Gasteiger partial charge on any atom is -0.382 e. The van der Waals surface area contributed by atoms with E-state index >= 15 is 0 Å². The fourth-order valence-corrected chi connectivity index (χ4v) is 3.90. The Balaban J connectivity index is 1.49. The molecule has 1 spiro atoms. The topological polar surface area (TPSA) is 34.6 Å². The van der Waals surface area contributed by atoms with Crippen molar-refractivity contribution in [3.05, 3.63) is 16.6 Å². The van der Waals surface area contributed by atoms with Gasteiger partial charge in [0.1, 0.15) is 5.01 Å². The summed E-state index contributed by atoms with van der Waals surface area (Å²) in [5, 5.41) is 3.29. The van der Waals surface area contributed by atoms with Gasteiger partial charge in [-0.1, -0.05) is 0 Å². The largest absolute Gasteiger partial charge is 0.382 e. The van der Waals surface area contributed by atoms with E-state index in [1.54, 1.807) is 18.4 Å². The highest BCUT2D eigenvalue weighted by atomic mass is 32.1. The molecule has 2 fully saturated rings. The maximum Gasteiger partial charge on any atom is 0.107 e. The van der Waals surface area contributed by atoms with E-state index in [4.69, 9.17) is 9.47 Å². The number of hydrogen-bond donors (Lipinski definition) is 0. The maximum atomic E-state index is 5.87. The molecule has 0 radical (unpaired) electrons. The number of methoxy groups -OCH3 is 1. The van der Waals surface area contributed by atoms with Gasteiger partial charge in [-0.25, -0.2) is 4.98 Å². The van der Waals surface area contributed by atoms with Crippen LogP contribution in [0.2, 0.25) is 0 Å². The lowest BCUT2D eigenvalue weighted by molar-refractivity contribution is 0.0284. The van der Waals surface area contributed by atoms with E-state index in [-0.39, 0.29) is 0 Å². The second-order valence-electron chi connectivity index (χ2n) is 5.79. The number of piperidine rings is 1. The van der Waals surface area contributed by atoms with Gasteiger partial charge in [-0.05, 0) is 37.8 Å². The molecule has 4 nitrogen and oxygen atoms in total. The number of aromatic nitrogens is 1. The molecule has 2 aliphatic rings. The van der Waals surface area contributed by atoms with Gasteiger partial charge in [-0.3, -0.25) is 4.90 Å². The SMILES string of the molecule is COC[C@@H]1CC2(CCN(Cc3nccs3)CC2)CO1. The van der Waals surface area contributed by atoms with Crippen LogP contribution < -0.4 is 0 Å². The second kappa shape index (κ2) is 5.87. The highest BCUT2D eigenvalue weighted by Crippen LogP contribution is 2.42. The maximum absolute atomic E-state index is 5.87. The third-order valence-corrected chi connectivity index (χ3v) is 5.16. The van der Waals surface area contributed by atoms with Crippen LogP contribution in [-0.4, -0.2) is 49.4 Å². The molecule has 2 saturated heterocycles. The van der Waals surface area contributed by atoms with Crippen molar-refractivity contribution in [3.8, 4) is 0 Å². The Morgan fingerprint density at radius 1 is 1.53 bits per heavy atom. The number of nitrogens with zero attached hydrogens (tertiary/aromatic N) is 2. The van der Waals surface area contributed by atoms with Crippen LogP contribution in [-0.2, 0) is 16.0 Å². The molecule has 0 aromatic carbocycles. The summed E-state index contributed by atoms with van der Waals surface area (Å²) in [6.45, 7) is 5.01. The van der Waals surface area contributed by atoms with Gasteiger partial charge in [0, 0.05) is 18.7 Å². The van der Waals surface area contributed by atoms with Crippen molar-refractivity contribution in [3.63, 3.8) is 0 Å². The number of rotatable bonds is 4. The Bertz CT molecular complexity index is 388. The third kappa shape index (κ3) is 3.16. The average Bonchev–Trinajstić information content (AvgIpc) is 3.04. The normalized spacial score (nSPS) is 27.1. The van der Waals surface area contributed by atoms with Crippen LogP contribution in [0.15, 0.2) is 11.6 Å². The zero-order valence-corrected chi connectivity index (χ0v) is 12.3.